The Labute approximate surface area is 105 Å². The Balaban J connectivity index is 2.21. The molecule has 6 nitrogen and oxygen atoms in total. The molecular weight excluding hydrogens is 232 g/mol. The number of hydrogen-bond donors (Lipinski definition) is 3. The third-order valence-corrected chi connectivity index (χ3v) is 1.91. The fourth-order valence-corrected chi connectivity index (χ4v) is 1.11. The van der Waals surface area contributed by atoms with E-state index in [1.807, 2.05) is 0 Å². The van der Waals surface area contributed by atoms with Gasteiger partial charge in [0.25, 0.3) is 0 Å². The normalized spacial score (nSPS) is 9.06. The van der Waals surface area contributed by atoms with Crippen LogP contribution in [-0.4, -0.2) is 30.0 Å². The molecule has 0 spiro atoms. The SMILES string of the molecule is C#CCCNC(=O)NCC(=O)Nc1cccnc1. The zero-order valence-corrected chi connectivity index (χ0v) is 9.77. The highest BCUT2D eigenvalue weighted by atomic mass is 16.2. The lowest BCUT2D eigenvalue weighted by atomic mass is 10.4. The molecule has 3 N–H and O–H groups in total. The largest absolute Gasteiger partial charge is 0.337 e. The number of terminal acetylenes is 1. The lowest BCUT2D eigenvalue weighted by Crippen LogP contribution is -2.40. The highest BCUT2D eigenvalue weighted by Crippen LogP contribution is 2.01. The van der Waals surface area contributed by atoms with E-state index in [0.29, 0.717) is 18.7 Å². The van der Waals surface area contributed by atoms with Gasteiger partial charge in [-0.2, -0.15) is 0 Å². The summed E-state index contributed by atoms with van der Waals surface area (Å²) in [7, 11) is 0. The number of amides is 3. The molecular formula is C12H14N4O2. The Morgan fingerprint density at radius 1 is 1.39 bits per heavy atom. The summed E-state index contributed by atoms with van der Waals surface area (Å²) < 4.78 is 0. The summed E-state index contributed by atoms with van der Waals surface area (Å²) >= 11 is 0. The molecule has 18 heavy (non-hydrogen) atoms. The number of nitrogens with zero attached hydrogens (tertiary/aromatic N) is 1. The molecule has 0 unspecified atom stereocenters. The van der Waals surface area contributed by atoms with Gasteiger partial charge in [-0.15, -0.1) is 12.3 Å². The van der Waals surface area contributed by atoms with Crippen molar-refractivity contribution in [2.75, 3.05) is 18.4 Å². The number of nitrogens with one attached hydrogen (secondary N) is 3. The summed E-state index contributed by atoms with van der Waals surface area (Å²) in [5.74, 6) is 2.07. The van der Waals surface area contributed by atoms with Crippen LogP contribution in [0.2, 0.25) is 0 Å². The van der Waals surface area contributed by atoms with Gasteiger partial charge in [0.05, 0.1) is 18.4 Å². The molecule has 0 saturated carbocycles. The highest BCUT2D eigenvalue weighted by Gasteiger charge is 2.04. The van der Waals surface area contributed by atoms with E-state index in [1.165, 1.54) is 6.20 Å². The smallest absolute Gasteiger partial charge is 0.315 e. The molecule has 1 aromatic heterocycles. The molecule has 6 heteroatoms. The topological polar surface area (TPSA) is 83.1 Å². The van der Waals surface area contributed by atoms with Crippen molar-refractivity contribution < 1.29 is 9.59 Å². The Hall–Kier alpha value is -2.55. The average molecular weight is 246 g/mol. The molecule has 0 aliphatic rings. The second-order valence-corrected chi connectivity index (χ2v) is 3.35. The van der Waals surface area contributed by atoms with Crippen LogP contribution in [0.5, 0.6) is 0 Å². The fourth-order valence-electron chi connectivity index (χ4n) is 1.11. The van der Waals surface area contributed by atoms with Crippen LogP contribution >= 0.6 is 0 Å². The first-order valence-corrected chi connectivity index (χ1v) is 5.37. The van der Waals surface area contributed by atoms with Crippen LogP contribution in [0.25, 0.3) is 0 Å². The van der Waals surface area contributed by atoms with Crippen molar-refractivity contribution in [3.8, 4) is 12.3 Å². The van der Waals surface area contributed by atoms with Gasteiger partial charge in [0.2, 0.25) is 5.91 Å². The Bertz CT molecular complexity index is 439. The molecule has 0 bridgehead atoms. The number of carbonyl (C=O) groups excluding carboxylic acids is 2. The average Bonchev–Trinajstić information content (AvgIpc) is 2.38. The van der Waals surface area contributed by atoms with E-state index in [1.54, 1.807) is 18.3 Å². The first-order valence-electron chi connectivity index (χ1n) is 5.37. The number of aromatic nitrogens is 1. The Morgan fingerprint density at radius 2 is 2.22 bits per heavy atom. The Morgan fingerprint density at radius 3 is 2.89 bits per heavy atom. The van der Waals surface area contributed by atoms with Crippen LogP contribution < -0.4 is 16.0 Å². The number of rotatable bonds is 5. The third-order valence-electron chi connectivity index (χ3n) is 1.91. The lowest BCUT2D eigenvalue weighted by molar-refractivity contribution is -0.115. The molecule has 0 aliphatic heterocycles. The minimum atomic E-state index is -0.424. The first-order chi connectivity index (χ1) is 8.72. The zero-order valence-electron chi connectivity index (χ0n) is 9.77. The molecule has 1 aromatic rings. The maximum absolute atomic E-state index is 11.4. The van der Waals surface area contributed by atoms with Gasteiger partial charge in [-0.05, 0) is 12.1 Å². The summed E-state index contributed by atoms with van der Waals surface area (Å²) in [4.78, 5) is 26.5. The van der Waals surface area contributed by atoms with Gasteiger partial charge in [0, 0.05) is 19.2 Å². The molecule has 1 heterocycles. The zero-order chi connectivity index (χ0) is 13.2. The van der Waals surface area contributed by atoms with Gasteiger partial charge >= 0.3 is 6.03 Å². The number of carbonyl (C=O) groups is 2. The number of urea groups is 1. The van der Waals surface area contributed by atoms with Crippen LogP contribution in [0.1, 0.15) is 6.42 Å². The van der Waals surface area contributed by atoms with Gasteiger partial charge < -0.3 is 16.0 Å². The third kappa shape index (κ3) is 5.51. The van der Waals surface area contributed by atoms with Gasteiger partial charge in [-0.3, -0.25) is 9.78 Å². The molecule has 0 aromatic carbocycles. The molecule has 0 aliphatic carbocycles. The van der Waals surface area contributed by atoms with Crippen molar-refractivity contribution >= 4 is 17.6 Å². The molecule has 0 saturated heterocycles. The predicted octanol–water partition coefficient (Wildman–Crippen LogP) is 0.343. The second-order valence-electron chi connectivity index (χ2n) is 3.35. The first kappa shape index (κ1) is 13.5. The minimum absolute atomic E-state index is 0.114. The van der Waals surface area contributed by atoms with Crippen LogP contribution in [0, 0.1) is 12.3 Å². The summed E-state index contributed by atoms with van der Waals surface area (Å²) in [5.41, 5.74) is 0.581. The van der Waals surface area contributed by atoms with Gasteiger partial charge in [0.15, 0.2) is 0 Å². The predicted molar refractivity (Wildman–Crippen MR) is 67.7 cm³/mol. The van der Waals surface area contributed by atoms with E-state index in [9.17, 15) is 9.59 Å². The van der Waals surface area contributed by atoms with Crippen molar-refractivity contribution in [3.05, 3.63) is 24.5 Å². The van der Waals surface area contributed by atoms with E-state index in [4.69, 9.17) is 6.42 Å². The monoisotopic (exact) mass is 246 g/mol. The number of anilines is 1. The summed E-state index contributed by atoms with van der Waals surface area (Å²) in [5, 5.41) is 7.52. The van der Waals surface area contributed by atoms with Gasteiger partial charge in [0.1, 0.15) is 0 Å². The van der Waals surface area contributed by atoms with Crippen molar-refractivity contribution in [1.82, 2.24) is 15.6 Å². The fraction of sp³-hybridized carbons (Fsp3) is 0.250. The quantitative estimate of drug-likeness (QED) is 0.517. The van der Waals surface area contributed by atoms with Crippen LogP contribution in [0.4, 0.5) is 10.5 Å². The summed E-state index contributed by atoms with van der Waals surface area (Å²) in [6, 6.07) is 2.99. The van der Waals surface area contributed by atoms with Crippen molar-refractivity contribution in [2.24, 2.45) is 0 Å². The molecule has 1 rings (SSSR count). The molecule has 0 fully saturated rings. The Kier molecular flexibility index (Phi) is 5.77. The number of hydrogen-bond acceptors (Lipinski definition) is 3. The summed E-state index contributed by atoms with van der Waals surface area (Å²) in [6.45, 7) is 0.267. The second kappa shape index (κ2) is 7.68. The van der Waals surface area contributed by atoms with E-state index >= 15 is 0 Å². The molecule has 94 valence electrons. The standard InChI is InChI=1S/C12H14N4O2/c1-2-3-7-14-12(18)15-9-11(17)16-10-5-4-6-13-8-10/h1,4-6,8H,3,7,9H2,(H,16,17)(H2,14,15,18). The van der Waals surface area contributed by atoms with Crippen LogP contribution in [0.3, 0.4) is 0 Å². The lowest BCUT2D eigenvalue weighted by Gasteiger charge is -2.07. The van der Waals surface area contributed by atoms with E-state index in [0.717, 1.165) is 0 Å². The summed E-state index contributed by atoms with van der Waals surface area (Å²) in [6.07, 6.45) is 8.61. The maximum atomic E-state index is 11.4. The van der Waals surface area contributed by atoms with Crippen molar-refractivity contribution in [2.45, 2.75) is 6.42 Å². The number of pyridine rings is 1. The molecule has 0 atom stereocenters. The van der Waals surface area contributed by atoms with Crippen LogP contribution in [-0.2, 0) is 4.79 Å². The van der Waals surface area contributed by atoms with E-state index < -0.39 is 6.03 Å². The maximum Gasteiger partial charge on any atom is 0.315 e. The minimum Gasteiger partial charge on any atom is -0.337 e. The van der Waals surface area contributed by atoms with Crippen LogP contribution in [0.15, 0.2) is 24.5 Å². The van der Waals surface area contributed by atoms with Crippen molar-refractivity contribution in [3.63, 3.8) is 0 Å². The molecule has 3 amide bonds. The van der Waals surface area contributed by atoms with Gasteiger partial charge in [-0.1, -0.05) is 0 Å². The van der Waals surface area contributed by atoms with Gasteiger partial charge in [-0.25, -0.2) is 4.79 Å². The molecule has 0 radical (unpaired) electrons. The van der Waals surface area contributed by atoms with E-state index in [2.05, 4.69) is 26.9 Å². The van der Waals surface area contributed by atoms with E-state index in [-0.39, 0.29) is 12.5 Å². The van der Waals surface area contributed by atoms with Crippen molar-refractivity contribution in [1.29, 1.82) is 0 Å². The highest BCUT2D eigenvalue weighted by molar-refractivity contribution is 5.94.